The third kappa shape index (κ3) is 5.96. The molecule has 1 amide bonds. The first-order chi connectivity index (χ1) is 11.1. The van der Waals surface area contributed by atoms with Gasteiger partial charge in [0.05, 0.1) is 0 Å². The number of likely N-dealkylation sites (tertiary alicyclic amines) is 1. The molecule has 4 nitrogen and oxygen atoms in total. The van der Waals surface area contributed by atoms with Crippen molar-refractivity contribution in [3.63, 3.8) is 0 Å². The SMILES string of the molecule is COCCCNC(=O)C1CCN(Cc2ccc(Cl)cc2Cl)CC1. The Morgan fingerprint density at radius 3 is 2.74 bits per heavy atom. The Labute approximate surface area is 148 Å². The van der Waals surface area contributed by atoms with Crippen LogP contribution in [-0.2, 0) is 16.1 Å². The van der Waals surface area contributed by atoms with Crippen molar-refractivity contribution in [2.45, 2.75) is 25.8 Å². The van der Waals surface area contributed by atoms with Crippen molar-refractivity contribution in [1.82, 2.24) is 10.2 Å². The maximum atomic E-state index is 12.1. The second-order valence-electron chi connectivity index (χ2n) is 5.92. The average molecular weight is 359 g/mol. The lowest BCUT2D eigenvalue weighted by atomic mass is 9.95. The first-order valence-electron chi connectivity index (χ1n) is 8.03. The summed E-state index contributed by atoms with van der Waals surface area (Å²) in [6.45, 7) is 4.00. The molecule has 0 unspecified atom stereocenters. The van der Waals surface area contributed by atoms with Crippen LogP contribution in [0.3, 0.4) is 0 Å². The molecule has 2 rings (SSSR count). The molecule has 1 aromatic rings. The monoisotopic (exact) mass is 358 g/mol. The van der Waals surface area contributed by atoms with Crippen LogP contribution in [0.5, 0.6) is 0 Å². The maximum absolute atomic E-state index is 12.1. The van der Waals surface area contributed by atoms with E-state index in [1.807, 2.05) is 12.1 Å². The lowest BCUT2D eigenvalue weighted by Gasteiger charge is -2.31. The molecule has 1 heterocycles. The number of benzene rings is 1. The van der Waals surface area contributed by atoms with Crippen LogP contribution in [0.25, 0.3) is 0 Å². The number of rotatable bonds is 7. The number of ether oxygens (including phenoxy) is 1. The summed E-state index contributed by atoms with van der Waals surface area (Å²) in [5, 5.41) is 4.35. The Morgan fingerprint density at radius 2 is 2.09 bits per heavy atom. The Kier molecular flexibility index (Phi) is 7.63. The van der Waals surface area contributed by atoms with Crippen molar-refractivity contribution in [2.75, 3.05) is 33.4 Å². The van der Waals surface area contributed by atoms with Crippen molar-refractivity contribution in [3.8, 4) is 0 Å². The fourth-order valence-corrected chi connectivity index (χ4v) is 3.28. The molecule has 1 aromatic carbocycles. The van der Waals surface area contributed by atoms with Crippen LogP contribution in [0, 0.1) is 5.92 Å². The van der Waals surface area contributed by atoms with Crippen molar-refractivity contribution in [3.05, 3.63) is 33.8 Å². The first kappa shape index (κ1) is 18.5. The molecule has 6 heteroatoms. The Bertz CT molecular complexity index is 517. The summed E-state index contributed by atoms with van der Waals surface area (Å²) in [5.41, 5.74) is 1.08. The smallest absolute Gasteiger partial charge is 0.223 e. The molecule has 23 heavy (non-hydrogen) atoms. The molecule has 1 fully saturated rings. The summed E-state index contributed by atoms with van der Waals surface area (Å²) in [5.74, 6) is 0.291. The molecule has 0 bridgehead atoms. The van der Waals surface area contributed by atoms with Crippen LogP contribution in [0.15, 0.2) is 18.2 Å². The van der Waals surface area contributed by atoms with E-state index in [1.165, 1.54) is 0 Å². The third-order valence-corrected chi connectivity index (χ3v) is 4.78. The van der Waals surface area contributed by atoms with Gasteiger partial charge in [0.25, 0.3) is 0 Å². The van der Waals surface area contributed by atoms with Gasteiger partial charge in [0, 0.05) is 42.8 Å². The molecule has 0 saturated carbocycles. The van der Waals surface area contributed by atoms with Crippen LogP contribution < -0.4 is 5.32 Å². The molecule has 0 atom stereocenters. The van der Waals surface area contributed by atoms with E-state index in [2.05, 4.69) is 10.2 Å². The summed E-state index contributed by atoms with van der Waals surface area (Å²) in [7, 11) is 1.67. The second kappa shape index (κ2) is 9.48. The number of methoxy groups -OCH3 is 1. The van der Waals surface area contributed by atoms with Crippen LogP contribution in [0.4, 0.5) is 0 Å². The number of amides is 1. The quantitative estimate of drug-likeness (QED) is 0.759. The fourth-order valence-electron chi connectivity index (χ4n) is 2.82. The van der Waals surface area contributed by atoms with E-state index >= 15 is 0 Å². The number of piperidine rings is 1. The summed E-state index contributed by atoms with van der Waals surface area (Å²) in [6.07, 6.45) is 2.64. The molecule has 0 radical (unpaired) electrons. The van der Waals surface area contributed by atoms with Crippen LogP contribution in [0.1, 0.15) is 24.8 Å². The highest BCUT2D eigenvalue weighted by molar-refractivity contribution is 6.35. The number of hydrogen-bond donors (Lipinski definition) is 1. The van der Waals surface area contributed by atoms with Gasteiger partial charge in [-0.25, -0.2) is 0 Å². The first-order valence-corrected chi connectivity index (χ1v) is 8.78. The van der Waals surface area contributed by atoms with E-state index in [4.69, 9.17) is 27.9 Å². The number of carbonyl (C=O) groups excluding carboxylic acids is 1. The van der Waals surface area contributed by atoms with E-state index in [-0.39, 0.29) is 11.8 Å². The van der Waals surface area contributed by atoms with Crippen LogP contribution >= 0.6 is 23.2 Å². The number of nitrogens with one attached hydrogen (secondary N) is 1. The summed E-state index contributed by atoms with van der Waals surface area (Å²) >= 11 is 12.2. The van der Waals surface area contributed by atoms with Crippen molar-refractivity contribution >= 4 is 29.1 Å². The summed E-state index contributed by atoms with van der Waals surface area (Å²) < 4.78 is 4.98. The largest absolute Gasteiger partial charge is 0.385 e. The number of carbonyl (C=O) groups is 1. The molecular formula is C17H24Cl2N2O2. The molecule has 1 saturated heterocycles. The lowest BCUT2D eigenvalue weighted by Crippen LogP contribution is -2.40. The topological polar surface area (TPSA) is 41.6 Å². The average Bonchev–Trinajstić information content (AvgIpc) is 2.55. The third-order valence-electron chi connectivity index (χ3n) is 4.19. The van der Waals surface area contributed by atoms with E-state index in [1.54, 1.807) is 13.2 Å². The molecule has 1 aliphatic heterocycles. The highest BCUT2D eigenvalue weighted by Gasteiger charge is 2.24. The second-order valence-corrected chi connectivity index (χ2v) is 6.77. The number of nitrogens with zero attached hydrogens (tertiary/aromatic N) is 1. The number of hydrogen-bond acceptors (Lipinski definition) is 3. The van der Waals surface area contributed by atoms with Gasteiger partial charge >= 0.3 is 0 Å². The van der Waals surface area contributed by atoms with Crippen LogP contribution in [0.2, 0.25) is 10.0 Å². The zero-order valence-electron chi connectivity index (χ0n) is 13.5. The zero-order chi connectivity index (χ0) is 16.7. The van der Waals surface area contributed by atoms with Gasteiger partial charge in [-0.1, -0.05) is 29.3 Å². The van der Waals surface area contributed by atoms with Crippen molar-refractivity contribution < 1.29 is 9.53 Å². The minimum absolute atomic E-state index is 0.120. The predicted molar refractivity (Wildman–Crippen MR) is 94.0 cm³/mol. The van der Waals surface area contributed by atoms with E-state index in [9.17, 15) is 4.79 Å². The van der Waals surface area contributed by atoms with Gasteiger partial charge in [-0.15, -0.1) is 0 Å². The van der Waals surface area contributed by atoms with E-state index in [0.29, 0.717) is 23.2 Å². The minimum atomic E-state index is 0.120. The van der Waals surface area contributed by atoms with Crippen LogP contribution in [-0.4, -0.2) is 44.2 Å². The number of halogens is 2. The van der Waals surface area contributed by atoms with Gasteiger partial charge < -0.3 is 10.1 Å². The fraction of sp³-hybridized carbons (Fsp3) is 0.588. The molecule has 0 aromatic heterocycles. The molecular weight excluding hydrogens is 335 g/mol. The minimum Gasteiger partial charge on any atom is -0.385 e. The molecule has 1 N–H and O–H groups in total. The Morgan fingerprint density at radius 1 is 1.35 bits per heavy atom. The molecule has 0 spiro atoms. The highest BCUT2D eigenvalue weighted by atomic mass is 35.5. The standard InChI is InChI=1S/C17H24Cl2N2O2/c1-23-10-2-7-20-17(22)13-5-8-21(9-6-13)12-14-3-4-15(18)11-16(14)19/h3-4,11,13H,2,5-10,12H2,1H3,(H,20,22). The van der Waals surface area contributed by atoms with Crippen molar-refractivity contribution in [2.24, 2.45) is 5.92 Å². The Hall–Kier alpha value is -0.810. The molecule has 128 valence electrons. The zero-order valence-corrected chi connectivity index (χ0v) is 15.0. The van der Waals surface area contributed by atoms with Gasteiger partial charge in [-0.3, -0.25) is 9.69 Å². The highest BCUT2D eigenvalue weighted by Crippen LogP contribution is 2.24. The lowest BCUT2D eigenvalue weighted by molar-refractivity contribution is -0.126. The van der Waals surface area contributed by atoms with Gasteiger partial charge in [0.2, 0.25) is 5.91 Å². The summed E-state index contributed by atoms with van der Waals surface area (Å²) in [4.78, 5) is 14.4. The van der Waals surface area contributed by atoms with Gasteiger partial charge in [-0.05, 0) is 50.0 Å². The van der Waals surface area contributed by atoms with E-state index < -0.39 is 0 Å². The summed E-state index contributed by atoms with van der Waals surface area (Å²) in [6, 6.07) is 5.61. The maximum Gasteiger partial charge on any atom is 0.223 e. The Balaban J connectivity index is 1.74. The molecule has 1 aliphatic rings. The van der Waals surface area contributed by atoms with E-state index in [0.717, 1.165) is 44.5 Å². The predicted octanol–water partition coefficient (Wildman–Crippen LogP) is 3.36. The molecule has 0 aliphatic carbocycles. The normalized spacial score (nSPS) is 16.5. The van der Waals surface area contributed by atoms with Crippen molar-refractivity contribution in [1.29, 1.82) is 0 Å². The van der Waals surface area contributed by atoms with Gasteiger partial charge in [0.1, 0.15) is 0 Å². The van der Waals surface area contributed by atoms with Gasteiger partial charge in [-0.2, -0.15) is 0 Å². The van der Waals surface area contributed by atoms with Gasteiger partial charge in [0.15, 0.2) is 0 Å².